The summed E-state index contributed by atoms with van der Waals surface area (Å²) < 4.78 is 16.9. The molecular formula is C28H38O7. The van der Waals surface area contributed by atoms with Crippen molar-refractivity contribution in [2.75, 3.05) is 0 Å². The molecule has 4 saturated carbocycles. The third-order valence-electron chi connectivity index (χ3n) is 10.5. The smallest absolute Gasteiger partial charge is 0.335 e. The molecule has 5 rings (SSSR count). The van der Waals surface area contributed by atoms with Crippen molar-refractivity contribution in [3.63, 3.8) is 0 Å². The molecule has 7 nitrogen and oxygen atoms in total. The average molecular weight is 487 g/mol. The first-order valence-electron chi connectivity index (χ1n) is 13.1. The lowest BCUT2D eigenvalue weighted by molar-refractivity contribution is -0.246. The summed E-state index contributed by atoms with van der Waals surface area (Å²) in [6, 6.07) is 3.26. The molecule has 1 unspecified atom stereocenters. The van der Waals surface area contributed by atoms with E-state index in [1.165, 1.54) is 26.2 Å². The Morgan fingerprint density at radius 2 is 1.77 bits per heavy atom. The van der Waals surface area contributed by atoms with E-state index >= 15 is 0 Å². The molecule has 1 N–H and O–H groups in total. The monoisotopic (exact) mass is 486 g/mol. The molecule has 0 aliphatic heterocycles. The first-order valence-corrected chi connectivity index (χ1v) is 13.1. The molecule has 9 atom stereocenters. The van der Waals surface area contributed by atoms with Gasteiger partial charge in [-0.15, -0.1) is 0 Å². The molecule has 1 aromatic heterocycles. The van der Waals surface area contributed by atoms with Gasteiger partial charge in [0.25, 0.3) is 0 Å². The fourth-order valence-corrected chi connectivity index (χ4v) is 9.02. The van der Waals surface area contributed by atoms with Crippen LogP contribution in [0.25, 0.3) is 0 Å². The zero-order valence-corrected chi connectivity index (χ0v) is 21.2. The van der Waals surface area contributed by atoms with Crippen LogP contribution in [0.4, 0.5) is 0 Å². The molecule has 35 heavy (non-hydrogen) atoms. The molecule has 0 bridgehead atoms. The van der Waals surface area contributed by atoms with Crippen LogP contribution in [0.3, 0.4) is 0 Å². The SMILES string of the molecule is CC(=O)O[C@@H]1CC[C@@]2(C)C3[C@H](OC(C)=O)C[C@@]4(C)[C@@H](c5ccc(=O)oc5)CC[C@]4(O)[C@H]3CC[C@@H]2C1. The van der Waals surface area contributed by atoms with E-state index in [-0.39, 0.29) is 52.9 Å². The van der Waals surface area contributed by atoms with Crippen LogP contribution in [0.5, 0.6) is 0 Å². The minimum atomic E-state index is -0.893. The minimum absolute atomic E-state index is 0.0119. The predicted octanol–water partition coefficient (Wildman–Crippen LogP) is 4.35. The minimum Gasteiger partial charge on any atom is -0.463 e. The maximum absolute atomic E-state index is 12.5. The van der Waals surface area contributed by atoms with Crippen molar-refractivity contribution in [1.82, 2.24) is 0 Å². The zero-order chi connectivity index (χ0) is 25.2. The van der Waals surface area contributed by atoms with Crippen molar-refractivity contribution in [3.8, 4) is 0 Å². The molecule has 0 saturated heterocycles. The highest BCUT2D eigenvalue weighted by Crippen LogP contribution is 2.71. The van der Waals surface area contributed by atoms with Crippen LogP contribution in [0.2, 0.25) is 0 Å². The third-order valence-corrected chi connectivity index (χ3v) is 10.5. The average Bonchev–Trinajstić information content (AvgIpc) is 3.05. The van der Waals surface area contributed by atoms with Gasteiger partial charge in [0, 0.05) is 31.2 Å². The van der Waals surface area contributed by atoms with Gasteiger partial charge >= 0.3 is 17.6 Å². The molecule has 0 aromatic carbocycles. The van der Waals surface area contributed by atoms with Crippen molar-refractivity contribution in [2.45, 2.75) is 103 Å². The number of hydrogen-bond acceptors (Lipinski definition) is 7. The highest BCUT2D eigenvalue weighted by molar-refractivity contribution is 5.66. The van der Waals surface area contributed by atoms with Crippen molar-refractivity contribution >= 4 is 11.9 Å². The lowest BCUT2D eigenvalue weighted by Gasteiger charge is -2.65. The number of ether oxygens (including phenoxy) is 2. The summed E-state index contributed by atoms with van der Waals surface area (Å²) in [5.41, 5.74) is -0.967. The Morgan fingerprint density at radius 3 is 2.43 bits per heavy atom. The Morgan fingerprint density at radius 1 is 1.03 bits per heavy atom. The molecule has 7 heteroatoms. The van der Waals surface area contributed by atoms with Crippen LogP contribution in [-0.2, 0) is 19.1 Å². The first-order chi connectivity index (χ1) is 16.5. The van der Waals surface area contributed by atoms with E-state index in [2.05, 4.69) is 13.8 Å². The lowest BCUT2D eigenvalue weighted by atomic mass is 9.42. The Labute approximate surface area is 206 Å². The van der Waals surface area contributed by atoms with Crippen LogP contribution >= 0.6 is 0 Å². The van der Waals surface area contributed by atoms with Gasteiger partial charge < -0.3 is 19.0 Å². The van der Waals surface area contributed by atoms with Crippen molar-refractivity contribution in [3.05, 3.63) is 34.4 Å². The second kappa shape index (κ2) is 8.46. The normalized spacial score (nSPS) is 44.5. The Balaban J connectivity index is 1.52. The molecular weight excluding hydrogens is 448 g/mol. The standard InChI is InChI=1S/C28H38O7/c1-16(29)34-20-9-11-26(3)19(13-20)6-7-22-25(26)23(35-17(2)30)14-27(4)21(10-12-28(22,27)32)18-5-8-24(31)33-15-18/h5,8,15,19-23,25,32H,6-7,9-14H2,1-4H3/t19-,20-,21-,22+,23-,25?,26-,27+,28+/m1/s1. The van der Waals surface area contributed by atoms with E-state index in [9.17, 15) is 19.5 Å². The summed E-state index contributed by atoms with van der Waals surface area (Å²) in [5, 5.41) is 12.5. The van der Waals surface area contributed by atoms with Crippen molar-refractivity contribution in [1.29, 1.82) is 0 Å². The van der Waals surface area contributed by atoms with Crippen LogP contribution in [0, 0.1) is 28.6 Å². The van der Waals surface area contributed by atoms with Gasteiger partial charge in [0.15, 0.2) is 0 Å². The van der Waals surface area contributed by atoms with Crippen LogP contribution < -0.4 is 5.63 Å². The molecule has 4 aliphatic carbocycles. The summed E-state index contributed by atoms with van der Waals surface area (Å²) in [7, 11) is 0. The highest BCUT2D eigenvalue weighted by Gasteiger charge is 2.70. The molecule has 192 valence electrons. The maximum atomic E-state index is 12.5. The second-order valence-electron chi connectivity index (χ2n) is 12.1. The summed E-state index contributed by atoms with van der Waals surface area (Å²) in [6.07, 6.45) is 7.56. The number of hydrogen-bond donors (Lipinski definition) is 1. The second-order valence-corrected chi connectivity index (χ2v) is 12.1. The molecule has 0 amide bonds. The number of aliphatic hydroxyl groups is 1. The Hall–Kier alpha value is -2.15. The van der Waals surface area contributed by atoms with Gasteiger partial charge in [-0.25, -0.2) is 4.79 Å². The van der Waals surface area contributed by atoms with Crippen molar-refractivity contribution < 1.29 is 28.6 Å². The number of carbonyl (C=O) groups excluding carboxylic acids is 2. The van der Waals surface area contributed by atoms with Gasteiger partial charge in [0.1, 0.15) is 12.2 Å². The van der Waals surface area contributed by atoms with Crippen LogP contribution in [-0.4, -0.2) is 34.9 Å². The topological polar surface area (TPSA) is 103 Å². The summed E-state index contributed by atoms with van der Waals surface area (Å²) >= 11 is 0. The summed E-state index contributed by atoms with van der Waals surface area (Å²) in [6.45, 7) is 7.37. The largest absolute Gasteiger partial charge is 0.463 e. The van der Waals surface area contributed by atoms with Crippen molar-refractivity contribution in [2.24, 2.45) is 28.6 Å². The molecule has 1 heterocycles. The fraction of sp³-hybridized carbons (Fsp3) is 0.750. The van der Waals surface area contributed by atoms with Gasteiger partial charge in [0.05, 0.1) is 11.9 Å². The summed E-state index contributed by atoms with van der Waals surface area (Å²) in [4.78, 5) is 35.5. The fourth-order valence-electron chi connectivity index (χ4n) is 9.02. The number of fused-ring (bicyclic) bond motifs is 5. The number of rotatable bonds is 3. The molecule has 0 spiro atoms. The Kier molecular flexibility index (Phi) is 5.93. The van der Waals surface area contributed by atoms with E-state index in [1.54, 1.807) is 0 Å². The van der Waals surface area contributed by atoms with Crippen LogP contribution in [0.15, 0.2) is 27.6 Å². The van der Waals surface area contributed by atoms with E-state index in [4.69, 9.17) is 13.9 Å². The zero-order valence-electron chi connectivity index (χ0n) is 21.2. The van der Waals surface area contributed by atoms with Gasteiger partial charge in [-0.3, -0.25) is 9.59 Å². The van der Waals surface area contributed by atoms with Gasteiger partial charge in [-0.05, 0) is 86.2 Å². The first kappa shape index (κ1) is 24.5. The molecule has 4 fully saturated rings. The van der Waals surface area contributed by atoms with E-state index in [0.29, 0.717) is 18.8 Å². The number of esters is 2. The van der Waals surface area contributed by atoms with Gasteiger partial charge in [-0.2, -0.15) is 0 Å². The summed E-state index contributed by atoms with van der Waals surface area (Å²) in [5.74, 6) is -0.0923. The molecule has 4 aliphatic rings. The van der Waals surface area contributed by atoms with Gasteiger partial charge in [0.2, 0.25) is 0 Å². The van der Waals surface area contributed by atoms with E-state index < -0.39 is 11.0 Å². The van der Waals surface area contributed by atoms with E-state index in [0.717, 1.165) is 44.1 Å². The van der Waals surface area contributed by atoms with Gasteiger partial charge in [-0.1, -0.05) is 13.8 Å². The Bertz CT molecular complexity index is 1040. The third kappa shape index (κ3) is 3.76. The molecule has 0 radical (unpaired) electrons. The highest BCUT2D eigenvalue weighted by atomic mass is 16.5. The van der Waals surface area contributed by atoms with E-state index in [1.807, 2.05) is 6.07 Å². The predicted molar refractivity (Wildman–Crippen MR) is 127 cm³/mol. The maximum Gasteiger partial charge on any atom is 0.335 e. The lowest BCUT2D eigenvalue weighted by Crippen LogP contribution is -2.66. The van der Waals surface area contributed by atoms with Crippen LogP contribution in [0.1, 0.15) is 90.5 Å². The molecule has 1 aromatic rings. The number of carbonyl (C=O) groups is 2. The quantitative estimate of drug-likeness (QED) is 0.634.